The van der Waals surface area contributed by atoms with Crippen molar-refractivity contribution in [3.05, 3.63) is 72.4 Å². The fraction of sp³-hybridized carbons (Fsp3) is 0. The van der Waals surface area contributed by atoms with Crippen LogP contribution in [-0.2, 0) is 0 Å². The lowest BCUT2D eigenvalue weighted by atomic mass is 10.2. The number of aromatic nitrogens is 5. The molecule has 0 saturated carbocycles. The Bertz CT molecular complexity index is 1520. The molecule has 6 aromatic rings. The van der Waals surface area contributed by atoms with E-state index < -0.39 is 0 Å². The summed E-state index contributed by atoms with van der Waals surface area (Å²) in [4.78, 5) is 13.9. The molecule has 8 heteroatoms. The van der Waals surface area contributed by atoms with Gasteiger partial charge in [0.1, 0.15) is 0 Å². The Morgan fingerprint density at radius 2 is 1.73 bits per heavy atom. The standard InChI is InChI=1S/C22H15N7S/c1-2-4-17-13(3-1)9-16(12-23-17)26-22-27-19-7-8-30-20(19)21(28-22)25-15-5-6-18-14(10-15)11-24-29-18/h1-12H,(H,24,29)(H2,25,26,27,28). The van der Waals surface area contributed by atoms with Crippen LogP contribution in [0, 0.1) is 0 Å². The minimum atomic E-state index is 0.518. The topological polar surface area (TPSA) is 91.4 Å². The van der Waals surface area contributed by atoms with Gasteiger partial charge in [0.2, 0.25) is 5.95 Å². The average molecular weight is 409 g/mol. The molecule has 4 aromatic heterocycles. The number of fused-ring (bicyclic) bond motifs is 3. The minimum absolute atomic E-state index is 0.518. The van der Waals surface area contributed by atoms with Gasteiger partial charge in [-0.1, -0.05) is 18.2 Å². The molecular weight excluding hydrogens is 394 g/mol. The molecule has 7 nitrogen and oxygen atoms in total. The van der Waals surface area contributed by atoms with Crippen molar-refractivity contribution < 1.29 is 0 Å². The van der Waals surface area contributed by atoms with Gasteiger partial charge in [0.25, 0.3) is 0 Å². The Balaban J connectivity index is 1.38. The predicted molar refractivity (Wildman–Crippen MR) is 122 cm³/mol. The molecule has 144 valence electrons. The zero-order chi connectivity index (χ0) is 19.9. The van der Waals surface area contributed by atoms with E-state index >= 15 is 0 Å². The molecule has 0 aliphatic carbocycles. The van der Waals surface area contributed by atoms with Crippen molar-refractivity contribution in [2.24, 2.45) is 0 Å². The Kier molecular flexibility index (Phi) is 3.82. The van der Waals surface area contributed by atoms with Gasteiger partial charge in [0.05, 0.1) is 39.3 Å². The Morgan fingerprint density at radius 1 is 0.800 bits per heavy atom. The third-order valence-corrected chi connectivity index (χ3v) is 5.76. The summed E-state index contributed by atoms with van der Waals surface area (Å²) >= 11 is 1.61. The third kappa shape index (κ3) is 2.99. The molecule has 0 atom stereocenters. The number of hydrogen-bond donors (Lipinski definition) is 3. The molecule has 30 heavy (non-hydrogen) atoms. The molecule has 3 N–H and O–H groups in total. The van der Waals surface area contributed by atoms with E-state index in [4.69, 9.17) is 4.98 Å². The summed E-state index contributed by atoms with van der Waals surface area (Å²) in [5.41, 5.74) is 4.62. The van der Waals surface area contributed by atoms with Crippen LogP contribution in [0.15, 0.2) is 72.4 Å². The molecule has 2 aromatic carbocycles. The highest BCUT2D eigenvalue weighted by Crippen LogP contribution is 2.31. The largest absolute Gasteiger partial charge is 0.339 e. The first kappa shape index (κ1) is 16.9. The van der Waals surface area contributed by atoms with Crippen LogP contribution >= 0.6 is 11.3 Å². The first-order chi connectivity index (χ1) is 14.8. The number of H-pyrrole nitrogens is 1. The number of nitrogens with zero attached hydrogens (tertiary/aromatic N) is 4. The zero-order valence-electron chi connectivity index (χ0n) is 15.6. The summed E-state index contributed by atoms with van der Waals surface area (Å²) in [6.45, 7) is 0. The van der Waals surface area contributed by atoms with Gasteiger partial charge in [-0.05, 0) is 41.8 Å². The first-order valence-corrected chi connectivity index (χ1v) is 10.3. The number of aromatic amines is 1. The molecule has 6 rings (SSSR count). The number of para-hydroxylation sites is 1. The molecular formula is C22H15N7S. The van der Waals surface area contributed by atoms with Gasteiger partial charge in [-0.25, -0.2) is 4.98 Å². The van der Waals surface area contributed by atoms with Crippen LogP contribution < -0.4 is 10.6 Å². The maximum Gasteiger partial charge on any atom is 0.229 e. The van der Waals surface area contributed by atoms with E-state index in [9.17, 15) is 0 Å². The van der Waals surface area contributed by atoms with Gasteiger partial charge in [0.15, 0.2) is 5.82 Å². The molecule has 0 bridgehead atoms. The second-order valence-electron chi connectivity index (χ2n) is 6.87. The lowest BCUT2D eigenvalue weighted by Crippen LogP contribution is -2.01. The van der Waals surface area contributed by atoms with E-state index in [0.717, 1.165) is 49.2 Å². The number of hydrogen-bond acceptors (Lipinski definition) is 7. The lowest BCUT2D eigenvalue weighted by molar-refractivity contribution is 1.12. The highest BCUT2D eigenvalue weighted by Gasteiger charge is 2.11. The van der Waals surface area contributed by atoms with Crippen LogP contribution in [0.1, 0.15) is 0 Å². The number of pyridine rings is 1. The molecule has 0 amide bonds. The first-order valence-electron chi connectivity index (χ1n) is 9.39. The van der Waals surface area contributed by atoms with Crippen LogP contribution in [0.3, 0.4) is 0 Å². The number of anilines is 4. The number of nitrogens with one attached hydrogen (secondary N) is 3. The maximum atomic E-state index is 4.74. The molecule has 0 fully saturated rings. The van der Waals surface area contributed by atoms with Crippen LogP contribution in [0.25, 0.3) is 32.0 Å². The van der Waals surface area contributed by atoms with Crippen LogP contribution in [0.2, 0.25) is 0 Å². The van der Waals surface area contributed by atoms with Crippen molar-refractivity contribution >= 4 is 66.5 Å². The molecule has 0 aliphatic rings. The molecule has 0 radical (unpaired) electrons. The summed E-state index contributed by atoms with van der Waals surface area (Å²) in [6, 6.07) is 18.1. The summed E-state index contributed by atoms with van der Waals surface area (Å²) < 4.78 is 1.00. The van der Waals surface area contributed by atoms with Gasteiger partial charge in [-0.3, -0.25) is 10.1 Å². The molecule has 0 aliphatic heterocycles. The van der Waals surface area contributed by atoms with Crippen LogP contribution in [0.5, 0.6) is 0 Å². The van der Waals surface area contributed by atoms with E-state index in [1.165, 1.54) is 0 Å². The van der Waals surface area contributed by atoms with Gasteiger partial charge in [0, 0.05) is 16.5 Å². The van der Waals surface area contributed by atoms with Crippen molar-refractivity contribution in [3.8, 4) is 0 Å². The van der Waals surface area contributed by atoms with Gasteiger partial charge >= 0.3 is 0 Å². The molecule has 4 heterocycles. The number of rotatable bonds is 4. The predicted octanol–water partition coefficient (Wildman–Crippen LogP) is 5.60. The molecule has 0 saturated heterocycles. The summed E-state index contributed by atoms with van der Waals surface area (Å²) in [7, 11) is 0. The van der Waals surface area contributed by atoms with Crippen molar-refractivity contribution in [1.29, 1.82) is 0 Å². The fourth-order valence-electron chi connectivity index (χ4n) is 3.43. The Labute approximate surface area is 174 Å². The highest BCUT2D eigenvalue weighted by molar-refractivity contribution is 7.17. The monoisotopic (exact) mass is 409 g/mol. The third-order valence-electron chi connectivity index (χ3n) is 4.85. The fourth-order valence-corrected chi connectivity index (χ4v) is 4.21. The van der Waals surface area contributed by atoms with Crippen molar-refractivity contribution in [3.63, 3.8) is 0 Å². The maximum absolute atomic E-state index is 4.74. The average Bonchev–Trinajstić information content (AvgIpc) is 3.43. The molecule has 0 spiro atoms. The van der Waals surface area contributed by atoms with Crippen LogP contribution in [-0.4, -0.2) is 25.1 Å². The van der Waals surface area contributed by atoms with E-state index in [1.54, 1.807) is 23.7 Å². The Hall–Kier alpha value is -4.04. The normalized spacial score (nSPS) is 11.3. The second-order valence-corrected chi connectivity index (χ2v) is 7.79. The summed E-state index contributed by atoms with van der Waals surface area (Å²) in [5.74, 6) is 1.28. The van der Waals surface area contributed by atoms with Gasteiger partial charge < -0.3 is 10.6 Å². The second kappa shape index (κ2) is 6.78. The van der Waals surface area contributed by atoms with Crippen molar-refractivity contribution in [2.45, 2.75) is 0 Å². The summed E-state index contributed by atoms with van der Waals surface area (Å²) in [6.07, 6.45) is 3.60. The van der Waals surface area contributed by atoms with Crippen molar-refractivity contribution in [2.75, 3.05) is 10.6 Å². The summed E-state index contributed by atoms with van der Waals surface area (Å²) in [5, 5.41) is 17.9. The van der Waals surface area contributed by atoms with Crippen molar-refractivity contribution in [1.82, 2.24) is 25.1 Å². The van der Waals surface area contributed by atoms with Gasteiger partial charge in [-0.15, -0.1) is 11.3 Å². The zero-order valence-corrected chi connectivity index (χ0v) is 16.4. The van der Waals surface area contributed by atoms with E-state index in [-0.39, 0.29) is 0 Å². The highest BCUT2D eigenvalue weighted by atomic mass is 32.1. The van der Waals surface area contributed by atoms with E-state index in [1.807, 2.05) is 60.0 Å². The van der Waals surface area contributed by atoms with Gasteiger partial charge in [-0.2, -0.15) is 10.1 Å². The van der Waals surface area contributed by atoms with Crippen LogP contribution in [0.4, 0.5) is 23.1 Å². The molecule has 0 unspecified atom stereocenters. The quantitative estimate of drug-likeness (QED) is 0.351. The Morgan fingerprint density at radius 3 is 2.73 bits per heavy atom. The smallest absolute Gasteiger partial charge is 0.229 e. The van der Waals surface area contributed by atoms with E-state index in [2.05, 4.69) is 30.8 Å². The minimum Gasteiger partial charge on any atom is -0.339 e. The SMILES string of the molecule is c1ccc2ncc(Nc3nc(Nc4ccc5[nH]ncc5c4)c4sccc4n3)cc2c1. The number of benzene rings is 2. The van der Waals surface area contributed by atoms with E-state index in [0.29, 0.717) is 5.95 Å². The lowest BCUT2D eigenvalue weighted by Gasteiger charge is -2.10. The number of thiophene rings is 1.